The highest BCUT2D eigenvalue weighted by Crippen LogP contribution is 2.22. The lowest BCUT2D eigenvalue weighted by Crippen LogP contribution is -2.56. The number of fused-ring (bicyclic) bond motifs is 1. The van der Waals surface area contributed by atoms with E-state index in [9.17, 15) is 4.79 Å². The molecule has 0 radical (unpaired) electrons. The minimum atomic E-state index is -0.00648. The van der Waals surface area contributed by atoms with Crippen molar-refractivity contribution in [2.24, 2.45) is 0 Å². The summed E-state index contributed by atoms with van der Waals surface area (Å²) in [6.45, 7) is 5.79. The molecular weight excluding hydrogens is 252 g/mol. The Hall–Kier alpha value is -1.81. The molecule has 0 aliphatic carbocycles. The largest absolute Gasteiger partial charge is 0.451 e. The Morgan fingerprint density at radius 3 is 2.50 bits per heavy atom. The van der Waals surface area contributed by atoms with E-state index in [2.05, 4.69) is 25.8 Å². The molecule has 0 saturated carbocycles. The molecule has 1 fully saturated rings. The van der Waals surface area contributed by atoms with E-state index in [0.717, 1.165) is 24.1 Å². The number of para-hydroxylation sites is 1. The topological polar surface area (TPSA) is 36.7 Å². The third kappa shape index (κ3) is 2.20. The molecule has 2 atom stereocenters. The van der Waals surface area contributed by atoms with Crippen LogP contribution in [-0.4, -0.2) is 47.9 Å². The Morgan fingerprint density at radius 1 is 1.20 bits per heavy atom. The van der Waals surface area contributed by atoms with Crippen molar-refractivity contribution in [3.05, 3.63) is 36.1 Å². The van der Waals surface area contributed by atoms with Gasteiger partial charge in [0.25, 0.3) is 5.91 Å². The standard InChI is InChI=1S/C16H20N2O2/c1-11-9-18(10-12(2)17(11)3)16(19)15-8-13-6-4-5-7-14(13)20-15/h4-8,11-12H,9-10H2,1-3H3. The van der Waals surface area contributed by atoms with E-state index in [-0.39, 0.29) is 5.91 Å². The molecule has 1 saturated heterocycles. The van der Waals surface area contributed by atoms with Crippen molar-refractivity contribution in [3.63, 3.8) is 0 Å². The maximum atomic E-state index is 12.6. The van der Waals surface area contributed by atoms with Crippen LogP contribution in [0.25, 0.3) is 11.0 Å². The number of benzene rings is 1. The fourth-order valence-electron chi connectivity index (χ4n) is 2.81. The molecule has 2 unspecified atom stereocenters. The highest BCUT2D eigenvalue weighted by molar-refractivity contribution is 5.96. The molecule has 20 heavy (non-hydrogen) atoms. The minimum absolute atomic E-state index is 0.00648. The second-order valence-electron chi connectivity index (χ2n) is 5.72. The molecular formula is C16H20N2O2. The molecule has 3 rings (SSSR count). The summed E-state index contributed by atoms with van der Waals surface area (Å²) < 4.78 is 5.68. The van der Waals surface area contributed by atoms with Gasteiger partial charge in [0.1, 0.15) is 5.58 Å². The Kier molecular flexibility index (Phi) is 3.26. The number of likely N-dealkylation sites (N-methyl/N-ethyl adjacent to an activating group) is 1. The number of hydrogen-bond acceptors (Lipinski definition) is 3. The highest BCUT2D eigenvalue weighted by atomic mass is 16.3. The number of nitrogens with zero attached hydrogens (tertiary/aromatic N) is 2. The maximum Gasteiger partial charge on any atom is 0.289 e. The van der Waals surface area contributed by atoms with Gasteiger partial charge in [-0.3, -0.25) is 9.69 Å². The van der Waals surface area contributed by atoms with Gasteiger partial charge < -0.3 is 9.32 Å². The van der Waals surface area contributed by atoms with E-state index in [1.165, 1.54) is 0 Å². The normalized spacial score (nSPS) is 24.2. The van der Waals surface area contributed by atoms with E-state index >= 15 is 0 Å². The first-order chi connectivity index (χ1) is 9.56. The highest BCUT2D eigenvalue weighted by Gasteiger charge is 2.31. The molecule has 1 aliphatic rings. The van der Waals surface area contributed by atoms with Crippen LogP contribution in [0.2, 0.25) is 0 Å². The first-order valence-electron chi connectivity index (χ1n) is 7.06. The Balaban J connectivity index is 1.85. The lowest BCUT2D eigenvalue weighted by atomic mass is 10.1. The van der Waals surface area contributed by atoms with E-state index < -0.39 is 0 Å². The average molecular weight is 272 g/mol. The van der Waals surface area contributed by atoms with Crippen molar-refractivity contribution in [2.45, 2.75) is 25.9 Å². The van der Waals surface area contributed by atoms with Crippen molar-refractivity contribution >= 4 is 16.9 Å². The van der Waals surface area contributed by atoms with Crippen LogP contribution < -0.4 is 0 Å². The molecule has 1 amide bonds. The van der Waals surface area contributed by atoms with Crippen LogP contribution >= 0.6 is 0 Å². The molecule has 0 N–H and O–H groups in total. The second-order valence-corrected chi connectivity index (χ2v) is 5.72. The Morgan fingerprint density at radius 2 is 1.85 bits per heavy atom. The average Bonchev–Trinajstić information content (AvgIpc) is 2.87. The van der Waals surface area contributed by atoms with Crippen LogP contribution in [0.3, 0.4) is 0 Å². The number of furan rings is 1. The van der Waals surface area contributed by atoms with Gasteiger partial charge in [0.05, 0.1) is 0 Å². The molecule has 0 bridgehead atoms. The fourth-order valence-corrected chi connectivity index (χ4v) is 2.81. The summed E-state index contributed by atoms with van der Waals surface area (Å²) in [7, 11) is 2.11. The zero-order chi connectivity index (χ0) is 14.3. The molecule has 1 aliphatic heterocycles. The van der Waals surface area contributed by atoms with Crippen molar-refractivity contribution in [1.82, 2.24) is 9.80 Å². The SMILES string of the molecule is CC1CN(C(=O)c2cc3ccccc3o2)CC(C)N1C. The van der Waals surface area contributed by atoms with Crippen molar-refractivity contribution < 1.29 is 9.21 Å². The lowest BCUT2D eigenvalue weighted by molar-refractivity contribution is 0.0391. The number of carbonyl (C=O) groups excluding carboxylic acids is 1. The quantitative estimate of drug-likeness (QED) is 0.800. The van der Waals surface area contributed by atoms with Crippen LogP contribution in [0.15, 0.2) is 34.7 Å². The van der Waals surface area contributed by atoms with Crippen molar-refractivity contribution in [3.8, 4) is 0 Å². The fraction of sp³-hybridized carbons (Fsp3) is 0.438. The Bertz CT molecular complexity index is 589. The van der Waals surface area contributed by atoms with Gasteiger partial charge in [0.15, 0.2) is 5.76 Å². The zero-order valence-corrected chi connectivity index (χ0v) is 12.2. The van der Waals surface area contributed by atoms with Crippen LogP contribution in [0.5, 0.6) is 0 Å². The summed E-state index contributed by atoms with van der Waals surface area (Å²) >= 11 is 0. The van der Waals surface area contributed by atoms with Gasteiger partial charge in [-0.25, -0.2) is 0 Å². The van der Waals surface area contributed by atoms with Gasteiger partial charge in [-0.1, -0.05) is 18.2 Å². The van der Waals surface area contributed by atoms with E-state index in [4.69, 9.17) is 4.42 Å². The summed E-state index contributed by atoms with van der Waals surface area (Å²) in [6, 6.07) is 10.3. The van der Waals surface area contributed by atoms with Crippen LogP contribution in [0.4, 0.5) is 0 Å². The predicted molar refractivity (Wildman–Crippen MR) is 78.8 cm³/mol. The van der Waals surface area contributed by atoms with Gasteiger partial charge in [-0.15, -0.1) is 0 Å². The van der Waals surface area contributed by atoms with Crippen LogP contribution in [0.1, 0.15) is 24.4 Å². The molecule has 1 aromatic carbocycles. The summed E-state index contributed by atoms with van der Waals surface area (Å²) in [4.78, 5) is 16.8. The molecule has 4 nitrogen and oxygen atoms in total. The smallest absolute Gasteiger partial charge is 0.289 e. The van der Waals surface area contributed by atoms with Crippen LogP contribution in [0, 0.1) is 0 Å². The minimum Gasteiger partial charge on any atom is -0.451 e. The van der Waals surface area contributed by atoms with Gasteiger partial charge >= 0.3 is 0 Å². The summed E-state index contributed by atoms with van der Waals surface area (Å²) in [5, 5.41) is 0.978. The van der Waals surface area contributed by atoms with Crippen molar-refractivity contribution in [2.75, 3.05) is 20.1 Å². The number of amides is 1. The van der Waals surface area contributed by atoms with Gasteiger partial charge in [-0.2, -0.15) is 0 Å². The van der Waals surface area contributed by atoms with Crippen molar-refractivity contribution in [1.29, 1.82) is 0 Å². The van der Waals surface area contributed by atoms with Gasteiger partial charge in [0.2, 0.25) is 0 Å². The number of carbonyl (C=O) groups is 1. The first-order valence-corrected chi connectivity index (χ1v) is 7.06. The molecule has 0 spiro atoms. The molecule has 4 heteroatoms. The first kappa shape index (κ1) is 13.2. The Labute approximate surface area is 119 Å². The molecule has 1 aromatic heterocycles. The van der Waals surface area contributed by atoms with E-state index in [1.54, 1.807) is 0 Å². The van der Waals surface area contributed by atoms with Gasteiger partial charge in [0, 0.05) is 30.6 Å². The summed E-state index contributed by atoms with van der Waals surface area (Å²) in [5.41, 5.74) is 0.770. The van der Waals surface area contributed by atoms with E-state index in [1.807, 2.05) is 35.2 Å². The predicted octanol–water partition coefficient (Wildman–Crippen LogP) is 2.60. The molecule has 2 heterocycles. The van der Waals surface area contributed by atoms with Crippen LogP contribution in [-0.2, 0) is 0 Å². The third-order valence-corrected chi connectivity index (χ3v) is 4.28. The summed E-state index contributed by atoms with van der Waals surface area (Å²) in [5.74, 6) is 0.433. The zero-order valence-electron chi connectivity index (χ0n) is 12.2. The molecule has 106 valence electrons. The maximum absolute atomic E-state index is 12.6. The second kappa shape index (κ2) is 4.94. The monoisotopic (exact) mass is 272 g/mol. The summed E-state index contributed by atoms with van der Waals surface area (Å²) in [6.07, 6.45) is 0. The number of piperazine rings is 1. The number of rotatable bonds is 1. The van der Waals surface area contributed by atoms with E-state index in [0.29, 0.717) is 17.8 Å². The molecule has 2 aromatic rings. The lowest BCUT2D eigenvalue weighted by Gasteiger charge is -2.42. The van der Waals surface area contributed by atoms with Gasteiger partial charge in [-0.05, 0) is 33.0 Å². The number of hydrogen-bond donors (Lipinski definition) is 0. The third-order valence-electron chi connectivity index (χ3n) is 4.28.